The molecule has 0 aliphatic heterocycles. The SMILES string of the molecule is COC(=O)[C@H](C)NC(=O)c1cccc([N+](=O)[O-])c1Cl. The van der Waals surface area contributed by atoms with Crippen molar-refractivity contribution in [3.05, 3.63) is 38.9 Å². The van der Waals surface area contributed by atoms with Crippen LogP contribution in [-0.2, 0) is 9.53 Å². The normalized spacial score (nSPS) is 11.5. The van der Waals surface area contributed by atoms with Crippen molar-refractivity contribution in [1.82, 2.24) is 5.32 Å². The zero-order valence-electron chi connectivity index (χ0n) is 10.2. The van der Waals surface area contributed by atoms with Gasteiger partial charge in [0, 0.05) is 6.07 Å². The molecule has 0 aliphatic rings. The van der Waals surface area contributed by atoms with Crippen molar-refractivity contribution in [3.63, 3.8) is 0 Å². The first-order valence-corrected chi connectivity index (χ1v) is 5.58. The van der Waals surface area contributed by atoms with E-state index in [0.717, 1.165) is 0 Å². The Kier molecular flexibility index (Phi) is 4.82. The zero-order chi connectivity index (χ0) is 14.6. The van der Waals surface area contributed by atoms with Crippen LogP contribution in [0.25, 0.3) is 0 Å². The van der Waals surface area contributed by atoms with Crippen molar-refractivity contribution >= 4 is 29.2 Å². The van der Waals surface area contributed by atoms with Crippen LogP contribution in [0.3, 0.4) is 0 Å². The minimum atomic E-state index is -0.882. The van der Waals surface area contributed by atoms with Crippen LogP contribution in [0.15, 0.2) is 18.2 Å². The van der Waals surface area contributed by atoms with E-state index in [1.807, 2.05) is 0 Å². The van der Waals surface area contributed by atoms with E-state index in [-0.39, 0.29) is 16.3 Å². The van der Waals surface area contributed by atoms with Gasteiger partial charge in [-0.3, -0.25) is 14.9 Å². The highest BCUT2D eigenvalue weighted by atomic mass is 35.5. The van der Waals surface area contributed by atoms with E-state index < -0.39 is 22.8 Å². The summed E-state index contributed by atoms with van der Waals surface area (Å²) in [6, 6.07) is 2.96. The quantitative estimate of drug-likeness (QED) is 0.514. The number of ether oxygens (including phenoxy) is 1. The van der Waals surface area contributed by atoms with Gasteiger partial charge in [-0.2, -0.15) is 0 Å². The predicted octanol–water partition coefficient (Wildman–Crippen LogP) is 1.54. The molecular formula is C11H11ClN2O5. The van der Waals surface area contributed by atoms with E-state index in [1.165, 1.54) is 32.2 Å². The number of nitro groups is 1. The van der Waals surface area contributed by atoms with Gasteiger partial charge in [0.1, 0.15) is 11.1 Å². The summed E-state index contributed by atoms with van der Waals surface area (Å²) in [6.07, 6.45) is 0. The van der Waals surface area contributed by atoms with Crippen LogP contribution in [0.2, 0.25) is 5.02 Å². The second-order valence-corrected chi connectivity index (χ2v) is 3.99. The van der Waals surface area contributed by atoms with Gasteiger partial charge in [0.2, 0.25) is 0 Å². The number of hydrogen-bond acceptors (Lipinski definition) is 5. The molecule has 0 spiro atoms. The fourth-order valence-electron chi connectivity index (χ4n) is 1.35. The molecule has 7 nitrogen and oxygen atoms in total. The smallest absolute Gasteiger partial charge is 0.328 e. The minimum absolute atomic E-state index is 0.0772. The Labute approximate surface area is 113 Å². The summed E-state index contributed by atoms with van der Waals surface area (Å²) in [6.45, 7) is 1.43. The van der Waals surface area contributed by atoms with Gasteiger partial charge in [-0.05, 0) is 13.0 Å². The lowest BCUT2D eigenvalue weighted by molar-refractivity contribution is -0.384. The Morgan fingerprint density at radius 1 is 1.47 bits per heavy atom. The van der Waals surface area contributed by atoms with Gasteiger partial charge in [-0.25, -0.2) is 4.79 Å². The molecule has 0 heterocycles. The number of nitrogens with zero attached hydrogens (tertiary/aromatic N) is 1. The van der Waals surface area contributed by atoms with E-state index >= 15 is 0 Å². The van der Waals surface area contributed by atoms with Gasteiger partial charge in [0.05, 0.1) is 17.6 Å². The Morgan fingerprint density at radius 3 is 2.63 bits per heavy atom. The molecule has 0 unspecified atom stereocenters. The topological polar surface area (TPSA) is 98.5 Å². The van der Waals surface area contributed by atoms with Crippen LogP contribution in [0, 0.1) is 10.1 Å². The average Bonchev–Trinajstić information content (AvgIpc) is 2.37. The van der Waals surface area contributed by atoms with Gasteiger partial charge in [-0.1, -0.05) is 17.7 Å². The highest BCUT2D eigenvalue weighted by molar-refractivity contribution is 6.35. The average molecular weight is 287 g/mol. The van der Waals surface area contributed by atoms with Crippen molar-refractivity contribution in [1.29, 1.82) is 0 Å². The van der Waals surface area contributed by atoms with Crippen LogP contribution in [0.1, 0.15) is 17.3 Å². The molecule has 1 aromatic rings. The summed E-state index contributed by atoms with van der Waals surface area (Å²) in [5.74, 6) is -1.32. The molecular weight excluding hydrogens is 276 g/mol. The standard InChI is InChI=1S/C11H11ClN2O5/c1-6(11(16)19-2)13-10(15)7-4-3-5-8(9(7)12)14(17)18/h3-6H,1-2H3,(H,13,15)/t6-/m0/s1. The number of nitro benzene ring substituents is 1. The lowest BCUT2D eigenvalue weighted by Crippen LogP contribution is -2.39. The second kappa shape index (κ2) is 6.14. The summed E-state index contributed by atoms with van der Waals surface area (Å²) < 4.78 is 4.45. The maximum Gasteiger partial charge on any atom is 0.328 e. The summed E-state index contributed by atoms with van der Waals surface area (Å²) in [5.41, 5.74) is -0.452. The van der Waals surface area contributed by atoms with Crippen molar-refractivity contribution < 1.29 is 19.2 Å². The fourth-order valence-corrected chi connectivity index (χ4v) is 1.63. The summed E-state index contributed by atoms with van der Waals surface area (Å²) >= 11 is 5.78. The summed E-state index contributed by atoms with van der Waals surface area (Å²) in [4.78, 5) is 33.0. The number of benzene rings is 1. The van der Waals surface area contributed by atoms with E-state index in [1.54, 1.807) is 0 Å². The van der Waals surface area contributed by atoms with Gasteiger partial charge in [0.15, 0.2) is 0 Å². The molecule has 0 aromatic heterocycles. The Bertz CT molecular complexity index is 532. The Balaban J connectivity index is 2.98. The molecule has 102 valence electrons. The lowest BCUT2D eigenvalue weighted by atomic mass is 10.1. The monoisotopic (exact) mass is 286 g/mol. The number of hydrogen-bond donors (Lipinski definition) is 1. The molecule has 19 heavy (non-hydrogen) atoms. The molecule has 1 amide bonds. The van der Waals surface area contributed by atoms with Crippen LogP contribution in [0.4, 0.5) is 5.69 Å². The maximum atomic E-state index is 11.8. The van der Waals surface area contributed by atoms with Crippen LogP contribution in [-0.4, -0.2) is 30.0 Å². The number of halogens is 1. The number of rotatable bonds is 4. The molecule has 8 heteroatoms. The third-order valence-electron chi connectivity index (χ3n) is 2.32. The number of esters is 1. The van der Waals surface area contributed by atoms with Crippen molar-refractivity contribution in [2.75, 3.05) is 7.11 Å². The van der Waals surface area contributed by atoms with Crippen LogP contribution in [0.5, 0.6) is 0 Å². The molecule has 0 fully saturated rings. The number of methoxy groups -OCH3 is 1. The van der Waals surface area contributed by atoms with Crippen molar-refractivity contribution in [3.8, 4) is 0 Å². The first kappa shape index (κ1) is 14.9. The zero-order valence-corrected chi connectivity index (χ0v) is 10.9. The highest BCUT2D eigenvalue weighted by Gasteiger charge is 2.22. The minimum Gasteiger partial charge on any atom is -0.467 e. The molecule has 1 rings (SSSR count). The molecule has 1 aromatic carbocycles. The number of amides is 1. The van der Waals surface area contributed by atoms with Crippen LogP contribution >= 0.6 is 11.6 Å². The highest BCUT2D eigenvalue weighted by Crippen LogP contribution is 2.27. The first-order valence-electron chi connectivity index (χ1n) is 5.20. The molecule has 0 saturated heterocycles. The molecule has 0 bridgehead atoms. The second-order valence-electron chi connectivity index (χ2n) is 3.61. The van der Waals surface area contributed by atoms with Gasteiger partial charge < -0.3 is 10.1 Å². The largest absolute Gasteiger partial charge is 0.467 e. The molecule has 1 N–H and O–H groups in total. The number of carbonyl (C=O) groups is 2. The van der Waals surface area contributed by atoms with E-state index in [0.29, 0.717) is 0 Å². The molecule has 1 atom stereocenters. The van der Waals surface area contributed by atoms with E-state index in [4.69, 9.17) is 11.6 Å². The van der Waals surface area contributed by atoms with E-state index in [2.05, 4.69) is 10.1 Å². The third-order valence-corrected chi connectivity index (χ3v) is 2.72. The van der Waals surface area contributed by atoms with Crippen molar-refractivity contribution in [2.45, 2.75) is 13.0 Å². The fraction of sp³-hybridized carbons (Fsp3) is 0.273. The number of carbonyl (C=O) groups excluding carboxylic acids is 2. The molecule has 0 saturated carbocycles. The van der Waals surface area contributed by atoms with Gasteiger partial charge in [0.25, 0.3) is 11.6 Å². The van der Waals surface area contributed by atoms with Crippen molar-refractivity contribution in [2.24, 2.45) is 0 Å². The number of nitrogens with one attached hydrogen (secondary N) is 1. The Morgan fingerprint density at radius 2 is 2.11 bits per heavy atom. The third kappa shape index (κ3) is 3.41. The predicted molar refractivity (Wildman–Crippen MR) is 67.1 cm³/mol. The lowest BCUT2D eigenvalue weighted by Gasteiger charge is -2.12. The van der Waals surface area contributed by atoms with Gasteiger partial charge >= 0.3 is 5.97 Å². The Hall–Kier alpha value is -2.15. The van der Waals surface area contributed by atoms with Crippen LogP contribution < -0.4 is 5.32 Å². The maximum absolute atomic E-state index is 11.8. The summed E-state index contributed by atoms with van der Waals surface area (Å²) in [5, 5.41) is 12.7. The molecule has 0 aliphatic carbocycles. The van der Waals surface area contributed by atoms with Gasteiger partial charge in [-0.15, -0.1) is 0 Å². The van der Waals surface area contributed by atoms with E-state index in [9.17, 15) is 19.7 Å². The first-order chi connectivity index (χ1) is 8.88. The molecule has 0 radical (unpaired) electrons. The summed E-state index contributed by atoms with van der Waals surface area (Å²) in [7, 11) is 1.19.